The van der Waals surface area contributed by atoms with Gasteiger partial charge in [-0.3, -0.25) is 4.79 Å². The number of aryl methyl sites for hydroxylation is 3. The smallest absolute Gasteiger partial charge is 0.254 e. The van der Waals surface area contributed by atoms with Crippen LogP contribution < -0.4 is 4.90 Å². The fourth-order valence-electron chi connectivity index (χ4n) is 7.45. The number of carbonyl (C=O) groups excluding carboxylic acids is 1. The molecule has 1 amide bonds. The van der Waals surface area contributed by atoms with Crippen LogP contribution in [0, 0.1) is 19.3 Å². The second-order valence-electron chi connectivity index (χ2n) is 12.8. The Morgan fingerprint density at radius 1 is 1.07 bits per heavy atom. The third-order valence-electron chi connectivity index (χ3n) is 9.70. The fourth-order valence-corrected chi connectivity index (χ4v) is 7.45. The van der Waals surface area contributed by atoms with Crippen molar-refractivity contribution in [3.05, 3.63) is 65.0 Å². The highest BCUT2D eigenvalue weighted by atomic mass is 16.5. The summed E-state index contributed by atoms with van der Waals surface area (Å²) in [7, 11) is 2.23. The average Bonchev–Trinajstić information content (AvgIpc) is 3.34. The van der Waals surface area contributed by atoms with Crippen LogP contribution >= 0.6 is 0 Å². The van der Waals surface area contributed by atoms with Gasteiger partial charge in [-0.1, -0.05) is 12.1 Å². The van der Waals surface area contributed by atoms with Crippen LogP contribution in [0.25, 0.3) is 33.5 Å². The quantitative estimate of drug-likeness (QED) is 0.408. The number of piperazine rings is 1. The summed E-state index contributed by atoms with van der Waals surface area (Å²) in [5.41, 5.74) is 11.8. The maximum Gasteiger partial charge on any atom is 0.254 e. The van der Waals surface area contributed by atoms with Crippen LogP contribution in [-0.2, 0) is 11.2 Å². The number of hydrogen-bond acceptors (Lipinski definition) is 6. The largest absolute Gasteiger partial charge is 0.380 e. The molecular weight excluding hydrogens is 512 g/mol. The third-order valence-corrected chi connectivity index (χ3v) is 9.70. The number of ether oxygens (including phenoxy) is 1. The maximum absolute atomic E-state index is 13.2. The minimum absolute atomic E-state index is 0.109. The lowest BCUT2D eigenvalue weighted by Gasteiger charge is -2.55. The number of anilines is 1. The number of amides is 1. The highest BCUT2D eigenvalue weighted by Gasteiger charge is 2.50. The molecule has 3 fully saturated rings. The van der Waals surface area contributed by atoms with E-state index in [1.807, 2.05) is 36.4 Å². The van der Waals surface area contributed by atoms with E-state index >= 15 is 0 Å². The molecule has 0 aliphatic carbocycles. The van der Waals surface area contributed by atoms with Gasteiger partial charge in [0.2, 0.25) is 0 Å². The first-order valence-corrected chi connectivity index (χ1v) is 14.8. The number of nitrogens with zero attached hydrogens (tertiary/aromatic N) is 5. The number of aromatic amines is 1. The molecule has 1 spiro atoms. The molecule has 210 valence electrons. The summed E-state index contributed by atoms with van der Waals surface area (Å²) in [5.74, 6) is 0.109. The van der Waals surface area contributed by atoms with Crippen molar-refractivity contribution in [1.82, 2.24) is 24.8 Å². The second kappa shape index (κ2) is 9.13. The molecule has 8 nitrogen and oxygen atoms in total. The lowest BCUT2D eigenvalue weighted by molar-refractivity contribution is -0.176. The molecule has 2 aromatic heterocycles. The Balaban J connectivity index is 1.09. The Labute approximate surface area is 240 Å². The average molecular weight is 549 g/mol. The molecule has 4 aliphatic rings. The molecule has 41 heavy (non-hydrogen) atoms. The Morgan fingerprint density at radius 3 is 2.68 bits per heavy atom. The first-order chi connectivity index (χ1) is 19.9. The molecule has 4 aromatic rings. The topological polar surface area (TPSA) is 77.6 Å². The summed E-state index contributed by atoms with van der Waals surface area (Å²) < 4.78 is 5.36. The van der Waals surface area contributed by atoms with Gasteiger partial charge in [0.05, 0.1) is 30.5 Å². The van der Waals surface area contributed by atoms with E-state index in [9.17, 15) is 4.79 Å². The molecule has 4 aliphatic heterocycles. The highest BCUT2D eigenvalue weighted by molar-refractivity contribution is 5.98. The minimum atomic E-state index is 0.109. The van der Waals surface area contributed by atoms with Crippen molar-refractivity contribution in [3.8, 4) is 22.4 Å². The number of likely N-dealkylation sites (tertiary alicyclic amines) is 1. The van der Waals surface area contributed by atoms with Crippen molar-refractivity contribution in [2.24, 2.45) is 5.41 Å². The zero-order valence-electron chi connectivity index (χ0n) is 24.0. The van der Waals surface area contributed by atoms with Crippen LogP contribution in [0.1, 0.15) is 33.5 Å². The van der Waals surface area contributed by atoms with Crippen LogP contribution in [-0.4, -0.2) is 89.7 Å². The lowest BCUT2D eigenvalue weighted by Crippen LogP contribution is -2.67. The van der Waals surface area contributed by atoms with Gasteiger partial charge in [-0.25, -0.2) is 9.97 Å². The van der Waals surface area contributed by atoms with Crippen LogP contribution in [0.5, 0.6) is 0 Å². The van der Waals surface area contributed by atoms with Crippen LogP contribution in [0.4, 0.5) is 5.69 Å². The Bertz CT molecular complexity index is 1700. The van der Waals surface area contributed by atoms with Crippen molar-refractivity contribution >= 4 is 22.8 Å². The molecule has 3 saturated heterocycles. The van der Waals surface area contributed by atoms with E-state index in [1.54, 1.807) is 0 Å². The van der Waals surface area contributed by atoms with Crippen LogP contribution in [0.3, 0.4) is 0 Å². The SMILES string of the molecule is Cc1cc(-c2c[nH]c3ncc(-c4cc(C)c5c(c4)CC[C@@H]4CN(C)CCN54)nc23)ccc1C(=O)N1CC2(COC2)C1. The van der Waals surface area contributed by atoms with E-state index < -0.39 is 0 Å². The van der Waals surface area contributed by atoms with Crippen LogP contribution in [0.15, 0.2) is 42.7 Å². The summed E-state index contributed by atoms with van der Waals surface area (Å²) in [4.78, 5) is 33.4. The van der Waals surface area contributed by atoms with Gasteiger partial charge < -0.3 is 24.4 Å². The number of aromatic nitrogens is 3. The van der Waals surface area contributed by atoms with E-state index in [1.165, 1.54) is 23.2 Å². The molecule has 8 heteroatoms. The predicted octanol–water partition coefficient (Wildman–Crippen LogP) is 4.45. The third kappa shape index (κ3) is 3.99. The van der Waals surface area contributed by atoms with Gasteiger partial charge in [-0.2, -0.15) is 0 Å². The monoisotopic (exact) mass is 548 g/mol. The first-order valence-electron chi connectivity index (χ1n) is 14.8. The molecule has 1 atom stereocenters. The number of fused-ring (bicyclic) bond motifs is 4. The zero-order valence-corrected chi connectivity index (χ0v) is 24.0. The number of H-pyrrole nitrogens is 1. The van der Waals surface area contributed by atoms with Crippen molar-refractivity contribution in [3.63, 3.8) is 0 Å². The summed E-state index contributed by atoms with van der Waals surface area (Å²) >= 11 is 0. The Morgan fingerprint density at radius 2 is 1.90 bits per heavy atom. The predicted molar refractivity (Wildman–Crippen MR) is 160 cm³/mol. The summed E-state index contributed by atoms with van der Waals surface area (Å²) in [6, 6.07) is 11.3. The van der Waals surface area contributed by atoms with Gasteiger partial charge in [0.1, 0.15) is 5.52 Å². The van der Waals surface area contributed by atoms with Gasteiger partial charge in [0, 0.05) is 67.3 Å². The fraction of sp³-hybridized carbons (Fsp3) is 0.424. The van der Waals surface area contributed by atoms with Gasteiger partial charge in [-0.15, -0.1) is 0 Å². The number of rotatable bonds is 3. The molecule has 6 heterocycles. The van der Waals surface area contributed by atoms with Gasteiger partial charge >= 0.3 is 0 Å². The standard InChI is InChI=1S/C33H36N6O2/c1-20-10-22(5-7-26(20)32(40)38-16-33(17-38)18-41-19-33)27-13-34-31-29(27)36-28(14-35-31)24-11-21(2)30-23(12-24)4-6-25-15-37(3)8-9-39(25)30/h5,7,10-14,25H,4,6,8-9,15-19H2,1-3H3,(H,34,35)/t25-/m1/s1. The molecule has 0 bridgehead atoms. The molecule has 0 saturated carbocycles. The normalized spacial score (nSPS) is 21.4. The number of likely N-dealkylation sites (N-methyl/N-ethyl adjacent to an activating group) is 1. The van der Waals surface area contributed by atoms with Gasteiger partial charge in [0.15, 0.2) is 5.65 Å². The van der Waals surface area contributed by atoms with Crippen molar-refractivity contribution in [1.29, 1.82) is 0 Å². The molecule has 8 rings (SSSR count). The van der Waals surface area contributed by atoms with E-state index in [2.05, 4.69) is 47.0 Å². The second-order valence-corrected chi connectivity index (χ2v) is 12.8. The Hall–Kier alpha value is -3.75. The summed E-state index contributed by atoms with van der Waals surface area (Å²) in [5, 5.41) is 0. The maximum atomic E-state index is 13.2. The highest BCUT2D eigenvalue weighted by Crippen LogP contribution is 2.40. The van der Waals surface area contributed by atoms with Crippen molar-refractivity contribution in [2.75, 3.05) is 57.9 Å². The number of benzene rings is 2. The van der Waals surface area contributed by atoms with Crippen LogP contribution in [0.2, 0.25) is 0 Å². The van der Waals surface area contributed by atoms with Gasteiger partial charge in [-0.05, 0) is 74.2 Å². The number of nitrogens with one attached hydrogen (secondary N) is 1. The van der Waals surface area contributed by atoms with E-state index in [0.29, 0.717) is 6.04 Å². The zero-order chi connectivity index (χ0) is 27.9. The number of hydrogen-bond donors (Lipinski definition) is 1. The molecule has 1 N–H and O–H groups in total. The molecule has 0 radical (unpaired) electrons. The minimum Gasteiger partial charge on any atom is -0.380 e. The Kier molecular flexibility index (Phi) is 5.57. The van der Waals surface area contributed by atoms with Crippen molar-refractivity contribution < 1.29 is 9.53 Å². The first kappa shape index (κ1) is 25.0. The lowest BCUT2D eigenvalue weighted by atomic mass is 9.77. The van der Waals surface area contributed by atoms with Crippen molar-refractivity contribution in [2.45, 2.75) is 32.7 Å². The molecule has 2 aromatic carbocycles. The van der Waals surface area contributed by atoms with E-state index in [0.717, 1.165) is 97.0 Å². The molecule has 0 unspecified atom stereocenters. The number of carbonyl (C=O) groups is 1. The molecular formula is C33H36N6O2. The van der Waals surface area contributed by atoms with E-state index in [-0.39, 0.29) is 11.3 Å². The van der Waals surface area contributed by atoms with Gasteiger partial charge in [0.25, 0.3) is 5.91 Å². The summed E-state index contributed by atoms with van der Waals surface area (Å²) in [6.45, 7) is 10.7. The van der Waals surface area contributed by atoms with E-state index in [4.69, 9.17) is 14.7 Å². The summed E-state index contributed by atoms with van der Waals surface area (Å²) in [6.07, 6.45) is 6.15.